The zero-order valence-corrected chi connectivity index (χ0v) is 18.2. The van der Waals surface area contributed by atoms with Gasteiger partial charge in [0.05, 0.1) is 16.8 Å². The van der Waals surface area contributed by atoms with Gasteiger partial charge >= 0.3 is 5.97 Å². The summed E-state index contributed by atoms with van der Waals surface area (Å²) in [6, 6.07) is 8.35. The Labute approximate surface area is 189 Å². The van der Waals surface area contributed by atoms with Crippen LogP contribution in [0.1, 0.15) is 45.5 Å². The number of aromatic nitrogens is 1. The zero-order valence-electron chi connectivity index (χ0n) is 18.2. The van der Waals surface area contributed by atoms with E-state index >= 15 is 0 Å². The average molecular weight is 452 g/mol. The number of halogens is 1. The summed E-state index contributed by atoms with van der Waals surface area (Å²) in [5, 5.41) is 15.3. The number of carboxylic acid groups (broad SMARTS) is 1. The van der Waals surface area contributed by atoms with Gasteiger partial charge in [0, 0.05) is 24.7 Å². The summed E-state index contributed by atoms with van der Waals surface area (Å²) < 4.78 is 14.0. The predicted octanol–water partition coefficient (Wildman–Crippen LogP) is 3.65. The van der Waals surface area contributed by atoms with Crippen LogP contribution in [0.25, 0.3) is 10.9 Å². The number of likely N-dealkylation sites (tertiary alicyclic amines) is 1. The number of nitrogens with zero attached hydrogens (tertiary/aromatic N) is 1. The third-order valence-corrected chi connectivity index (χ3v) is 5.87. The zero-order chi connectivity index (χ0) is 23.5. The Morgan fingerprint density at radius 3 is 2.55 bits per heavy atom. The maximum atomic E-state index is 14.0. The minimum Gasteiger partial charge on any atom is -0.478 e. The second-order valence-electron chi connectivity index (χ2n) is 8.15. The summed E-state index contributed by atoms with van der Waals surface area (Å²) in [7, 11) is 1.61. The highest BCUT2D eigenvalue weighted by molar-refractivity contribution is 6.07. The standard InChI is InChI=1S/C24H25FN4O4/c1-26-20-12-17(25)10-15-11-18(23(31)28-21(15)20)22(30)27-19-6-5-14(24(32)33)9-16(19)13-29-7-3-2-4-8-29/h5-6,9-12,26H,2-4,7-8,13H2,1H3,(H,27,30)(H,28,31)(H,32,33). The molecule has 172 valence electrons. The van der Waals surface area contributed by atoms with Crippen molar-refractivity contribution in [1.82, 2.24) is 9.88 Å². The van der Waals surface area contributed by atoms with E-state index in [0.717, 1.165) is 32.4 Å². The maximum Gasteiger partial charge on any atom is 0.335 e. The molecule has 3 aromatic rings. The van der Waals surface area contributed by atoms with Crippen molar-refractivity contribution >= 4 is 34.2 Å². The lowest BCUT2D eigenvalue weighted by molar-refractivity contribution is 0.0696. The minimum atomic E-state index is -1.05. The Balaban J connectivity index is 1.67. The second-order valence-corrected chi connectivity index (χ2v) is 8.15. The largest absolute Gasteiger partial charge is 0.478 e. The van der Waals surface area contributed by atoms with Crippen LogP contribution in [0.4, 0.5) is 15.8 Å². The first-order valence-corrected chi connectivity index (χ1v) is 10.8. The molecule has 1 amide bonds. The van der Waals surface area contributed by atoms with E-state index in [1.807, 2.05) is 0 Å². The van der Waals surface area contributed by atoms with Crippen molar-refractivity contribution in [3.8, 4) is 0 Å². The van der Waals surface area contributed by atoms with Crippen LogP contribution in [0.5, 0.6) is 0 Å². The third-order valence-electron chi connectivity index (χ3n) is 5.87. The number of aromatic amines is 1. The normalized spacial score (nSPS) is 14.2. The van der Waals surface area contributed by atoms with Crippen LogP contribution in [-0.4, -0.2) is 47.0 Å². The lowest BCUT2D eigenvalue weighted by atomic mass is 10.0. The first-order chi connectivity index (χ1) is 15.9. The van der Waals surface area contributed by atoms with E-state index in [1.54, 1.807) is 13.1 Å². The highest BCUT2D eigenvalue weighted by atomic mass is 19.1. The molecule has 0 bridgehead atoms. The molecule has 0 unspecified atom stereocenters. The van der Waals surface area contributed by atoms with E-state index in [-0.39, 0.29) is 11.1 Å². The number of fused-ring (bicyclic) bond motifs is 1. The number of anilines is 2. The van der Waals surface area contributed by atoms with Gasteiger partial charge in [0.25, 0.3) is 11.5 Å². The van der Waals surface area contributed by atoms with Gasteiger partial charge in [-0.3, -0.25) is 14.5 Å². The van der Waals surface area contributed by atoms with Gasteiger partial charge in [-0.15, -0.1) is 0 Å². The van der Waals surface area contributed by atoms with Crippen molar-refractivity contribution in [1.29, 1.82) is 0 Å². The highest BCUT2D eigenvalue weighted by Crippen LogP contribution is 2.25. The van der Waals surface area contributed by atoms with Gasteiger partial charge in [0.15, 0.2) is 0 Å². The number of amides is 1. The van der Waals surface area contributed by atoms with Crippen LogP contribution in [0, 0.1) is 5.82 Å². The molecule has 0 radical (unpaired) electrons. The lowest BCUT2D eigenvalue weighted by Gasteiger charge is -2.27. The SMILES string of the molecule is CNc1cc(F)cc2cc(C(=O)Nc3ccc(C(=O)O)cc3CN3CCCCC3)c(=O)[nH]c12. The number of hydrogen-bond donors (Lipinski definition) is 4. The van der Waals surface area contributed by atoms with Crippen molar-refractivity contribution in [2.24, 2.45) is 0 Å². The molecule has 1 aliphatic rings. The van der Waals surface area contributed by atoms with E-state index in [9.17, 15) is 23.9 Å². The molecule has 0 atom stereocenters. The average Bonchev–Trinajstić information content (AvgIpc) is 2.80. The number of rotatable bonds is 6. The van der Waals surface area contributed by atoms with Gasteiger partial charge in [0.2, 0.25) is 0 Å². The molecule has 1 aliphatic heterocycles. The molecular weight excluding hydrogens is 427 g/mol. The number of aromatic carboxylic acids is 1. The summed E-state index contributed by atoms with van der Waals surface area (Å²) >= 11 is 0. The van der Waals surface area contributed by atoms with Gasteiger partial charge in [-0.05, 0) is 67.9 Å². The molecular formula is C24H25FN4O4. The van der Waals surface area contributed by atoms with Crippen molar-refractivity contribution in [2.45, 2.75) is 25.8 Å². The Morgan fingerprint density at radius 2 is 1.85 bits per heavy atom. The fourth-order valence-electron chi connectivity index (χ4n) is 4.18. The Kier molecular flexibility index (Phi) is 6.41. The molecule has 1 saturated heterocycles. The van der Waals surface area contributed by atoms with E-state index in [1.165, 1.54) is 30.3 Å². The van der Waals surface area contributed by atoms with Crippen molar-refractivity contribution in [3.05, 3.63) is 69.3 Å². The smallest absolute Gasteiger partial charge is 0.335 e. The molecule has 8 nitrogen and oxygen atoms in total. The number of nitrogens with one attached hydrogen (secondary N) is 3. The number of carboxylic acids is 1. The second kappa shape index (κ2) is 9.41. The Bertz CT molecular complexity index is 1280. The lowest BCUT2D eigenvalue weighted by Crippen LogP contribution is -2.30. The van der Waals surface area contributed by atoms with E-state index in [2.05, 4.69) is 20.5 Å². The molecule has 4 rings (SSSR count). The highest BCUT2D eigenvalue weighted by Gasteiger charge is 2.19. The molecule has 1 fully saturated rings. The number of benzene rings is 2. The van der Waals surface area contributed by atoms with Crippen molar-refractivity contribution in [2.75, 3.05) is 30.8 Å². The molecule has 0 spiro atoms. The van der Waals surface area contributed by atoms with Crippen molar-refractivity contribution < 1.29 is 19.1 Å². The molecule has 0 aliphatic carbocycles. The first-order valence-electron chi connectivity index (χ1n) is 10.8. The fraction of sp³-hybridized carbons (Fsp3) is 0.292. The van der Waals surface area contributed by atoms with Gasteiger partial charge in [-0.2, -0.15) is 0 Å². The van der Waals surface area contributed by atoms with Crippen LogP contribution < -0.4 is 16.2 Å². The van der Waals surface area contributed by atoms with Gasteiger partial charge in [-0.1, -0.05) is 6.42 Å². The minimum absolute atomic E-state index is 0.124. The number of hydrogen-bond acceptors (Lipinski definition) is 5. The first kappa shape index (κ1) is 22.5. The molecule has 4 N–H and O–H groups in total. The van der Waals surface area contributed by atoms with Gasteiger partial charge in [-0.25, -0.2) is 9.18 Å². The van der Waals surface area contributed by atoms with Crippen LogP contribution in [0.15, 0.2) is 41.2 Å². The predicted molar refractivity (Wildman–Crippen MR) is 125 cm³/mol. The third kappa shape index (κ3) is 4.88. The van der Waals surface area contributed by atoms with E-state index < -0.39 is 23.3 Å². The molecule has 1 aromatic heterocycles. The Hall–Kier alpha value is -3.72. The number of pyridine rings is 1. The Morgan fingerprint density at radius 1 is 1.09 bits per heavy atom. The molecule has 2 aromatic carbocycles. The summed E-state index contributed by atoms with van der Waals surface area (Å²) in [6.07, 6.45) is 3.30. The summed E-state index contributed by atoms with van der Waals surface area (Å²) in [6.45, 7) is 2.28. The number of carbonyl (C=O) groups excluding carboxylic acids is 1. The molecule has 9 heteroatoms. The molecule has 0 saturated carbocycles. The number of carbonyl (C=O) groups is 2. The summed E-state index contributed by atoms with van der Waals surface area (Å²) in [4.78, 5) is 42.0. The van der Waals surface area contributed by atoms with Crippen LogP contribution in [-0.2, 0) is 6.54 Å². The maximum absolute atomic E-state index is 14.0. The van der Waals surface area contributed by atoms with Crippen LogP contribution in [0.3, 0.4) is 0 Å². The topological polar surface area (TPSA) is 115 Å². The fourth-order valence-corrected chi connectivity index (χ4v) is 4.18. The van der Waals surface area contributed by atoms with Crippen LogP contribution in [0.2, 0.25) is 0 Å². The summed E-state index contributed by atoms with van der Waals surface area (Å²) in [5.41, 5.74) is 1.25. The van der Waals surface area contributed by atoms with Gasteiger partial charge < -0.3 is 20.7 Å². The number of H-pyrrole nitrogens is 1. The number of piperidine rings is 1. The van der Waals surface area contributed by atoms with E-state index in [4.69, 9.17) is 0 Å². The monoisotopic (exact) mass is 452 g/mol. The quantitative estimate of drug-likeness (QED) is 0.454. The molecule has 2 heterocycles. The molecule has 33 heavy (non-hydrogen) atoms. The van der Waals surface area contributed by atoms with Gasteiger partial charge in [0.1, 0.15) is 11.4 Å². The van der Waals surface area contributed by atoms with Crippen LogP contribution >= 0.6 is 0 Å². The van der Waals surface area contributed by atoms with Crippen molar-refractivity contribution in [3.63, 3.8) is 0 Å². The van der Waals surface area contributed by atoms with E-state index in [0.29, 0.717) is 34.4 Å². The summed E-state index contributed by atoms with van der Waals surface area (Å²) in [5.74, 6) is -2.21.